The van der Waals surface area contributed by atoms with Crippen molar-refractivity contribution in [3.63, 3.8) is 0 Å². The molecule has 1 N–H and O–H groups in total. The number of ether oxygens (including phenoxy) is 1. The number of carbonyl (C=O) groups is 1. The van der Waals surface area contributed by atoms with E-state index in [1.165, 1.54) is 30.5 Å². The van der Waals surface area contributed by atoms with Crippen LogP contribution in [0, 0.1) is 10.1 Å². The first-order valence-electron chi connectivity index (χ1n) is 9.14. The molecule has 0 bridgehead atoms. The number of rotatable bonds is 5. The van der Waals surface area contributed by atoms with Crippen molar-refractivity contribution in [3.05, 3.63) is 99.6 Å². The van der Waals surface area contributed by atoms with Crippen molar-refractivity contribution in [2.45, 2.75) is 4.90 Å². The maximum Gasteiger partial charge on any atom is 0.286 e. The third-order valence-electron chi connectivity index (χ3n) is 4.39. The van der Waals surface area contributed by atoms with Crippen molar-refractivity contribution < 1.29 is 22.9 Å². The monoisotopic (exact) mass is 450 g/mol. The lowest BCUT2D eigenvalue weighted by atomic mass is 10.2. The number of nitrogens with zero attached hydrogens (tertiary/aromatic N) is 3. The molecule has 1 aliphatic heterocycles. The third kappa shape index (κ3) is 4.37. The van der Waals surface area contributed by atoms with Crippen molar-refractivity contribution in [3.8, 4) is 5.75 Å². The van der Waals surface area contributed by atoms with Gasteiger partial charge in [0.15, 0.2) is 0 Å². The maximum atomic E-state index is 12.1. The summed E-state index contributed by atoms with van der Waals surface area (Å²) in [5.41, 5.74) is 3.22. The van der Waals surface area contributed by atoms with Gasteiger partial charge in [-0.15, -0.1) is 4.40 Å². The average molecular weight is 450 g/mol. The molecule has 1 heterocycles. The Morgan fingerprint density at radius 3 is 2.56 bits per heavy atom. The molecular formula is C21H14N4O6S. The number of carbonyl (C=O) groups excluding carboxylic acids is 1. The summed E-state index contributed by atoms with van der Waals surface area (Å²) in [6.07, 6.45) is 1.38. The Bertz CT molecular complexity index is 1380. The highest BCUT2D eigenvalue weighted by Gasteiger charge is 2.29. The van der Waals surface area contributed by atoms with Crippen molar-refractivity contribution in [2.24, 2.45) is 9.50 Å². The van der Waals surface area contributed by atoms with Gasteiger partial charge in [0.2, 0.25) is 5.90 Å². The van der Waals surface area contributed by atoms with Gasteiger partial charge >= 0.3 is 0 Å². The minimum Gasteiger partial charge on any atom is -0.438 e. The molecule has 0 spiro atoms. The molecule has 0 fully saturated rings. The summed E-state index contributed by atoms with van der Waals surface area (Å²) in [6, 6.07) is 18.2. The minimum atomic E-state index is -3.77. The largest absolute Gasteiger partial charge is 0.438 e. The Morgan fingerprint density at radius 1 is 1.06 bits per heavy atom. The van der Waals surface area contributed by atoms with E-state index in [9.17, 15) is 23.3 Å². The van der Waals surface area contributed by atoms with Gasteiger partial charge in [0, 0.05) is 17.7 Å². The number of nitro benzene ring substituents is 1. The number of sulfonamides is 1. The lowest BCUT2D eigenvalue weighted by Gasteiger charge is -2.05. The highest BCUT2D eigenvalue weighted by molar-refractivity contribution is 7.90. The van der Waals surface area contributed by atoms with E-state index in [2.05, 4.69) is 14.9 Å². The zero-order valence-corrected chi connectivity index (χ0v) is 17.0. The van der Waals surface area contributed by atoms with Crippen LogP contribution in [-0.4, -0.2) is 31.4 Å². The lowest BCUT2D eigenvalue weighted by molar-refractivity contribution is -0.384. The Balaban J connectivity index is 1.40. The molecule has 0 aliphatic carbocycles. The number of amides is 1. The van der Waals surface area contributed by atoms with Crippen LogP contribution in [0.5, 0.6) is 5.75 Å². The van der Waals surface area contributed by atoms with Crippen LogP contribution in [0.25, 0.3) is 0 Å². The van der Waals surface area contributed by atoms with E-state index in [1.807, 2.05) is 0 Å². The van der Waals surface area contributed by atoms with Crippen molar-refractivity contribution in [2.75, 3.05) is 0 Å². The Kier molecular flexibility index (Phi) is 5.48. The first kappa shape index (κ1) is 20.9. The second kappa shape index (κ2) is 8.40. The second-order valence-corrected chi connectivity index (χ2v) is 8.12. The first-order valence-corrected chi connectivity index (χ1v) is 10.6. The van der Waals surface area contributed by atoms with E-state index < -0.39 is 20.9 Å². The topological polar surface area (TPSA) is 140 Å². The molecule has 0 atom stereocenters. The quantitative estimate of drug-likeness (QED) is 0.360. The van der Waals surface area contributed by atoms with Crippen LogP contribution in [0.3, 0.4) is 0 Å². The predicted octanol–water partition coefficient (Wildman–Crippen LogP) is 2.89. The number of hydrazone groups is 1. The summed E-state index contributed by atoms with van der Waals surface area (Å²) in [5, 5.41) is 14.6. The molecule has 160 valence electrons. The summed E-state index contributed by atoms with van der Waals surface area (Å²) in [7, 11) is -3.77. The fourth-order valence-corrected chi connectivity index (χ4v) is 4.01. The molecule has 0 aromatic heterocycles. The highest BCUT2D eigenvalue weighted by atomic mass is 32.2. The van der Waals surface area contributed by atoms with E-state index in [0.717, 1.165) is 6.07 Å². The Hall–Kier alpha value is -4.38. The lowest BCUT2D eigenvalue weighted by Crippen LogP contribution is -2.17. The van der Waals surface area contributed by atoms with Gasteiger partial charge in [0.1, 0.15) is 10.6 Å². The van der Waals surface area contributed by atoms with E-state index in [-0.39, 0.29) is 22.0 Å². The molecule has 0 saturated carbocycles. The molecule has 11 heteroatoms. The number of nitrogens with one attached hydrogen (secondary N) is 1. The zero-order valence-electron chi connectivity index (χ0n) is 16.2. The summed E-state index contributed by atoms with van der Waals surface area (Å²) in [4.78, 5) is 22.4. The molecule has 10 nitrogen and oxygen atoms in total. The number of benzene rings is 3. The molecule has 32 heavy (non-hydrogen) atoms. The van der Waals surface area contributed by atoms with Gasteiger partial charge in [0.05, 0.1) is 16.7 Å². The van der Waals surface area contributed by atoms with Gasteiger partial charge in [-0.2, -0.15) is 13.5 Å². The SMILES string of the molecule is O=C(N/N=C/c1ccc(OC2=NS(=O)(=O)c3ccccc32)cc1)c1cccc([N+](=O)[O-])c1. The van der Waals surface area contributed by atoms with Gasteiger partial charge < -0.3 is 4.74 Å². The molecule has 4 rings (SSSR count). The van der Waals surface area contributed by atoms with Crippen LogP contribution in [0.2, 0.25) is 0 Å². The molecule has 3 aromatic rings. The molecule has 1 amide bonds. The van der Waals surface area contributed by atoms with Crippen molar-refractivity contribution >= 4 is 33.7 Å². The standard InChI is InChI=1S/C21H14N4O6S/c26-20(15-4-3-5-16(12-15)25(27)28)23-22-13-14-8-10-17(11-9-14)31-21-18-6-1-2-7-19(18)32(29,30)24-21/h1-13H,(H,23,26)/b22-13+. The number of non-ortho nitro benzene ring substituents is 1. The number of hydrogen-bond acceptors (Lipinski definition) is 7. The summed E-state index contributed by atoms with van der Waals surface area (Å²) in [6.45, 7) is 0. The molecule has 0 saturated heterocycles. The molecule has 3 aromatic carbocycles. The highest BCUT2D eigenvalue weighted by Crippen LogP contribution is 2.27. The predicted molar refractivity (Wildman–Crippen MR) is 115 cm³/mol. The van der Waals surface area contributed by atoms with E-state index in [0.29, 0.717) is 16.9 Å². The zero-order chi connectivity index (χ0) is 22.7. The van der Waals surface area contributed by atoms with Crippen LogP contribution in [0.15, 0.2) is 87.2 Å². The second-order valence-electron chi connectivity index (χ2n) is 6.55. The third-order valence-corrected chi connectivity index (χ3v) is 5.71. The Morgan fingerprint density at radius 2 is 1.81 bits per heavy atom. The normalized spacial score (nSPS) is 13.9. The van der Waals surface area contributed by atoms with Crippen LogP contribution in [0.4, 0.5) is 5.69 Å². The van der Waals surface area contributed by atoms with Gasteiger partial charge in [-0.3, -0.25) is 14.9 Å². The van der Waals surface area contributed by atoms with Crippen LogP contribution in [0.1, 0.15) is 21.5 Å². The van der Waals surface area contributed by atoms with Crippen molar-refractivity contribution in [1.82, 2.24) is 5.43 Å². The Labute approximate surface area is 182 Å². The van der Waals surface area contributed by atoms with Crippen molar-refractivity contribution in [1.29, 1.82) is 0 Å². The van der Waals surface area contributed by atoms with Gasteiger partial charge in [-0.25, -0.2) is 5.43 Å². The van der Waals surface area contributed by atoms with Crippen LogP contribution in [-0.2, 0) is 10.0 Å². The molecule has 0 unspecified atom stereocenters. The van der Waals surface area contributed by atoms with E-state index in [4.69, 9.17) is 4.74 Å². The number of fused-ring (bicyclic) bond motifs is 1. The first-order chi connectivity index (χ1) is 15.3. The molecular weight excluding hydrogens is 436 g/mol. The van der Waals surface area contributed by atoms with E-state index in [1.54, 1.807) is 42.5 Å². The molecule has 1 aliphatic rings. The summed E-state index contributed by atoms with van der Waals surface area (Å²) >= 11 is 0. The summed E-state index contributed by atoms with van der Waals surface area (Å²) < 4.78 is 33.5. The van der Waals surface area contributed by atoms with E-state index >= 15 is 0 Å². The van der Waals surface area contributed by atoms with Gasteiger partial charge in [-0.1, -0.05) is 18.2 Å². The molecule has 0 radical (unpaired) electrons. The smallest absolute Gasteiger partial charge is 0.286 e. The average Bonchev–Trinajstić information content (AvgIpc) is 3.05. The van der Waals surface area contributed by atoms with Gasteiger partial charge in [0.25, 0.3) is 21.6 Å². The fraction of sp³-hybridized carbons (Fsp3) is 0. The van der Waals surface area contributed by atoms with Gasteiger partial charge in [-0.05, 0) is 48.0 Å². The number of nitro groups is 1. The minimum absolute atomic E-state index is 0.00812. The van der Waals surface area contributed by atoms with Crippen LogP contribution >= 0.6 is 0 Å². The summed E-state index contributed by atoms with van der Waals surface area (Å²) in [5.74, 6) is -0.233. The number of hydrogen-bond donors (Lipinski definition) is 1. The maximum absolute atomic E-state index is 12.1. The fourth-order valence-electron chi connectivity index (χ4n) is 2.87. The van der Waals surface area contributed by atoms with Crippen LogP contribution < -0.4 is 10.2 Å².